The lowest BCUT2D eigenvalue weighted by Gasteiger charge is -2.34. The highest BCUT2D eigenvalue weighted by molar-refractivity contribution is 5.92. The summed E-state index contributed by atoms with van der Waals surface area (Å²) < 4.78 is 0. The van der Waals surface area contributed by atoms with Gasteiger partial charge in [0, 0.05) is 19.0 Å². The van der Waals surface area contributed by atoms with E-state index in [0.29, 0.717) is 17.5 Å². The number of piperidine rings is 1. The molecule has 1 aliphatic heterocycles. The van der Waals surface area contributed by atoms with Gasteiger partial charge in [-0.25, -0.2) is 9.97 Å². The maximum absolute atomic E-state index is 12.1. The van der Waals surface area contributed by atoms with Gasteiger partial charge in [-0.05, 0) is 31.1 Å². The van der Waals surface area contributed by atoms with Crippen molar-refractivity contribution in [2.24, 2.45) is 17.8 Å². The third-order valence-corrected chi connectivity index (χ3v) is 4.78. The van der Waals surface area contributed by atoms with Crippen LogP contribution in [-0.2, 0) is 4.79 Å². The van der Waals surface area contributed by atoms with Crippen molar-refractivity contribution in [3.8, 4) is 0 Å². The van der Waals surface area contributed by atoms with Gasteiger partial charge >= 0.3 is 0 Å². The molecule has 2 atom stereocenters. The lowest BCUT2D eigenvalue weighted by Crippen LogP contribution is -2.39. The molecule has 1 amide bonds. The van der Waals surface area contributed by atoms with Gasteiger partial charge in [-0.1, -0.05) is 26.7 Å². The van der Waals surface area contributed by atoms with Crippen molar-refractivity contribution in [2.75, 3.05) is 23.3 Å². The van der Waals surface area contributed by atoms with Gasteiger partial charge in [-0.2, -0.15) is 0 Å². The molecule has 0 aromatic carbocycles. The Morgan fingerprint density at radius 3 is 2.32 bits per heavy atom. The number of carbonyl (C=O) groups excluding carboxylic acids is 1. The van der Waals surface area contributed by atoms with Crippen molar-refractivity contribution < 1.29 is 4.79 Å². The third-order valence-electron chi connectivity index (χ3n) is 4.78. The fourth-order valence-electron chi connectivity index (χ4n) is 3.81. The molecule has 2 unspecified atom stereocenters. The van der Waals surface area contributed by atoms with E-state index in [-0.39, 0.29) is 11.8 Å². The zero-order valence-corrected chi connectivity index (χ0v) is 13.6. The second kappa shape index (κ2) is 6.63. The normalized spacial score (nSPS) is 26.2. The molecule has 0 bridgehead atoms. The first-order chi connectivity index (χ1) is 10.6. The predicted octanol–water partition coefficient (Wildman–Crippen LogP) is 3.09. The lowest BCUT2D eigenvalue weighted by molar-refractivity contribution is -0.119. The fourth-order valence-corrected chi connectivity index (χ4v) is 3.81. The maximum atomic E-state index is 12.1. The summed E-state index contributed by atoms with van der Waals surface area (Å²) in [4.78, 5) is 23.3. The minimum Gasteiger partial charge on any atom is -0.340 e. The number of anilines is 2. The summed E-state index contributed by atoms with van der Waals surface area (Å²) in [7, 11) is 0. The van der Waals surface area contributed by atoms with Crippen LogP contribution in [0.1, 0.15) is 46.0 Å². The molecule has 3 rings (SSSR count). The van der Waals surface area contributed by atoms with Crippen LogP contribution in [0, 0.1) is 17.8 Å². The van der Waals surface area contributed by atoms with E-state index in [0.717, 1.165) is 31.9 Å². The standard InChI is InChI=1S/C17H26N4O/c1-12-7-13(2)11-21(10-12)17-18-8-15(9-19-17)20-16(22)14-5-3-4-6-14/h8-9,12-14H,3-7,10-11H2,1-2H3,(H,20,22). The Hall–Kier alpha value is -1.65. The molecule has 1 aromatic heterocycles. The average molecular weight is 302 g/mol. The number of hydrogen-bond donors (Lipinski definition) is 1. The molecular formula is C17H26N4O. The Morgan fingerprint density at radius 1 is 1.14 bits per heavy atom. The van der Waals surface area contributed by atoms with Gasteiger partial charge in [-0.3, -0.25) is 4.79 Å². The molecular weight excluding hydrogens is 276 g/mol. The van der Waals surface area contributed by atoms with Gasteiger partial charge in [0.25, 0.3) is 0 Å². The SMILES string of the molecule is CC1CC(C)CN(c2ncc(NC(=O)C3CCCC3)cn2)C1. The molecule has 2 aliphatic rings. The van der Waals surface area contributed by atoms with Crippen molar-refractivity contribution in [3.63, 3.8) is 0 Å². The zero-order chi connectivity index (χ0) is 15.5. The number of nitrogens with one attached hydrogen (secondary N) is 1. The number of nitrogens with zero attached hydrogens (tertiary/aromatic N) is 3. The maximum Gasteiger partial charge on any atom is 0.227 e. The summed E-state index contributed by atoms with van der Waals surface area (Å²) in [5, 5.41) is 2.95. The van der Waals surface area contributed by atoms with Gasteiger partial charge in [0.05, 0.1) is 18.1 Å². The first kappa shape index (κ1) is 15.3. The molecule has 2 fully saturated rings. The van der Waals surface area contributed by atoms with E-state index in [1.807, 2.05) is 0 Å². The van der Waals surface area contributed by atoms with Gasteiger partial charge in [0.15, 0.2) is 0 Å². The van der Waals surface area contributed by atoms with E-state index < -0.39 is 0 Å². The number of rotatable bonds is 3. The Labute approximate surface area is 132 Å². The van der Waals surface area contributed by atoms with Crippen LogP contribution in [0.3, 0.4) is 0 Å². The topological polar surface area (TPSA) is 58.1 Å². The van der Waals surface area contributed by atoms with Crippen molar-refractivity contribution >= 4 is 17.5 Å². The Morgan fingerprint density at radius 2 is 1.73 bits per heavy atom. The molecule has 1 saturated carbocycles. The number of amides is 1. The summed E-state index contributed by atoms with van der Waals surface area (Å²) in [6.45, 7) is 6.58. The second-order valence-corrected chi connectivity index (χ2v) is 7.09. The summed E-state index contributed by atoms with van der Waals surface area (Å²) in [6, 6.07) is 0. The van der Waals surface area contributed by atoms with Gasteiger partial charge in [0.1, 0.15) is 0 Å². The van der Waals surface area contributed by atoms with E-state index in [2.05, 4.69) is 34.0 Å². The lowest BCUT2D eigenvalue weighted by atomic mass is 9.92. The van der Waals surface area contributed by atoms with Crippen molar-refractivity contribution in [1.82, 2.24) is 9.97 Å². The molecule has 0 radical (unpaired) electrons. The van der Waals surface area contributed by atoms with E-state index in [1.165, 1.54) is 19.3 Å². The van der Waals surface area contributed by atoms with Gasteiger partial charge in [0.2, 0.25) is 11.9 Å². The first-order valence-corrected chi connectivity index (χ1v) is 8.49. The number of carbonyl (C=O) groups is 1. The van der Waals surface area contributed by atoms with Crippen LogP contribution in [0.5, 0.6) is 0 Å². The average Bonchev–Trinajstić information content (AvgIpc) is 3.01. The van der Waals surface area contributed by atoms with E-state index in [4.69, 9.17) is 0 Å². The summed E-state index contributed by atoms with van der Waals surface area (Å²) in [6.07, 6.45) is 9.09. The Balaban J connectivity index is 1.61. The van der Waals surface area contributed by atoms with E-state index in [9.17, 15) is 4.79 Å². The smallest absolute Gasteiger partial charge is 0.227 e. The van der Waals surface area contributed by atoms with Crippen LogP contribution in [0.4, 0.5) is 11.6 Å². The van der Waals surface area contributed by atoms with E-state index in [1.54, 1.807) is 12.4 Å². The number of hydrogen-bond acceptors (Lipinski definition) is 4. The van der Waals surface area contributed by atoms with Crippen LogP contribution in [-0.4, -0.2) is 29.0 Å². The van der Waals surface area contributed by atoms with E-state index >= 15 is 0 Å². The van der Waals surface area contributed by atoms with Crippen LogP contribution in [0.2, 0.25) is 0 Å². The highest BCUT2D eigenvalue weighted by atomic mass is 16.1. The Bertz CT molecular complexity index is 500. The largest absolute Gasteiger partial charge is 0.340 e. The molecule has 120 valence electrons. The monoisotopic (exact) mass is 302 g/mol. The molecule has 0 spiro atoms. The highest BCUT2D eigenvalue weighted by Gasteiger charge is 2.24. The minimum absolute atomic E-state index is 0.120. The van der Waals surface area contributed by atoms with Crippen LogP contribution in [0.25, 0.3) is 0 Å². The predicted molar refractivity (Wildman–Crippen MR) is 87.8 cm³/mol. The molecule has 1 saturated heterocycles. The molecule has 1 N–H and O–H groups in total. The highest BCUT2D eigenvalue weighted by Crippen LogP contribution is 2.26. The Kier molecular flexibility index (Phi) is 4.60. The van der Waals surface area contributed by atoms with Gasteiger partial charge in [-0.15, -0.1) is 0 Å². The second-order valence-electron chi connectivity index (χ2n) is 7.09. The number of aromatic nitrogens is 2. The summed E-state index contributed by atoms with van der Waals surface area (Å²) in [5.41, 5.74) is 0.707. The van der Waals surface area contributed by atoms with Crippen LogP contribution in [0.15, 0.2) is 12.4 Å². The van der Waals surface area contributed by atoms with Crippen molar-refractivity contribution in [3.05, 3.63) is 12.4 Å². The zero-order valence-electron chi connectivity index (χ0n) is 13.6. The van der Waals surface area contributed by atoms with Crippen molar-refractivity contribution in [2.45, 2.75) is 46.0 Å². The molecule has 5 heteroatoms. The fraction of sp³-hybridized carbons (Fsp3) is 0.706. The summed E-state index contributed by atoms with van der Waals surface area (Å²) >= 11 is 0. The molecule has 1 aromatic rings. The molecule has 5 nitrogen and oxygen atoms in total. The summed E-state index contributed by atoms with van der Waals surface area (Å²) in [5.74, 6) is 2.41. The quantitative estimate of drug-likeness (QED) is 0.932. The van der Waals surface area contributed by atoms with Crippen molar-refractivity contribution in [1.29, 1.82) is 0 Å². The molecule has 1 aliphatic carbocycles. The molecule has 2 heterocycles. The first-order valence-electron chi connectivity index (χ1n) is 8.49. The van der Waals surface area contributed by atoms with Crippen LogP contribution < -0.4 is 10.2 Å². The minimum atomic E-state index is 0.120. The molecule has 22 heavy (non-hydrogen) atoms. The van der Waals surface area contributed by atoms with Crippen LogP contribution >= 0.6 is 0 Å². The van der Waals surface area contributed by atoms with Gasteiger partial charge < -0.3 is 10.2 Å². The third kappa shape index (κ3) is 3.57.